The van der Waals surface area contributed by atoms with Gasteiger partial charge in [0.2, 0.25) is 0 Å². The maximum atomic E-state index is 12.1. The Morgan fingerprint density at radius 2 is 1.94 bits per heavy atom. The van der Waals surface area contributed by atoms with E-state index in [1.165, 1.54) is 0 Å². The zero-order valence-corrected chi connectivity index (χ0v) is 12.9. The van der Waals surface area contributed by atoms with E-state index in [1.54, 1.807) is 0 Å². The molecule has 0 aliphatic heterocycles. The third-order valence-electron chi connectivity index (χ3n) is 2.86. The highest BCUT2D eigenvalue weighted by Crippen LogP contribution is 2.12. The van der Waals surface area contributed by atoms with Crippen LogP contribution in [0.5, 0.6) is 0 Å². The minimum absolute atomic E-state index is 0.159. The van der Waals surface area contributed by atoms with Crippen molar-refractivity contribution in [2.24, 2.45) is 0 Å². The average molecular weight is 258 g/mol. The molecule has 0 aromatic carbocycles. The van der Waals surface area contributed by atoms with E-state index in [0.717, 1.165) is 19.5 Å². The van der Waals surface area contributed by atoms with Crippen LogP contribution < -0.4 is 5.32 Å². The zero-order chi connectivity index (χ0) is 14.2. The van der Waals surface area contributed by atoms with E-state index in [1.807, 2.05) is 27.7 Å². The molecule has 0 spiro atoms. The fourth-order valence-electron chi connectivity index (χ4n) is 2.21. The number of carbonyl (C=O) groups excluding carboxylic acids is 1. The highest BCUT2D eigenvalue weighted by atomic mass is 16.5. The van der Waals surface area contributed by atoms with Crippen LogP contribution in [0.2, 0.25) is 0 Å². The van der Waals surface area contributed by atoms with Gasteiger partial charge >= 0.3 is 5.97 Å². The lowest BCUT2D eigenvalue weighted by Crippen LogP contribution is -2.59. The van der Waals surface area contributed by atoms with Crippen molar-refractivity contribution < 1.29 is 9.53 Å². The van der Waals surface area contributed by atoms with Gasteiger partial charge in [-0.15, -0.1) is 0 Å². The summed E-state index contributed by atoms with van der Waals surface area (Å²) >= 11 is 0. The third-order valence-corrected chi connectivity index (χ3v) is 2.86. The first-order valence-corrected chi connectivity index (χ1v) is 7.06. The van der Waals surface area contributed by atoms with Gasteiger partial charge < -0.3 is 9.64 Å². The van der Waals surface area contributed by atoms with Gasteiger partial charge in [-0.2, -0.15) is 0 Å². The van der Waals surface area contributed by atoms with E-state index < -0.39 is 5.54 Å². The van der Waals surface area contributed by atoms with E-state index in [9.17, 15) is 4.79 Å². The van der Waals surface area contributed by atoms with E-state index in [2.05, 4.69) is 24.1 Å². The molecule has 1 unspecified atom stereocenters. The lowest BCUT2D eigenvalue weighted by atomic mass is 10.00. The summed E-state index contributed by atoms with van der Waals surface area (Å²) in [5, 5.41) is 3.35. The molecule has 0 heterocycles. The zero-order valence-electron chi connectivity index (χ0n) is 12.9. The van der Waals surface area contributed by atoms with Gasteiger partial charge in [0.05, 0.1) is 6.61 Å². The first-order chi connectivity index (χ1) is 8.39. The van der Waals surface area contributed by atoms with Gasteiger partial charge in [-0.25, -0.2) is 0 Å². The number of nitrogens with zero attached hydrogens (tertiary/aromatic N) is 1. The number of hydrogen-bond donors (Lipinski definition) is 1. The molecule has 4 nitrogen and oxygen atoms in total. The van der Waals surface area contributed by atoms with Gasteiger partial charge in [0.25, 0.3) is 0 Å². The van der Waals surface area contributed by atoms with Crippen molar-refractivity contribution in [2.45, 2.75) is 59.5 Å². The fraction of sp³-hybridized carbons (Fsp3) is 0.929. The Kier molecular flexibility index (Phi) is 8.20. The summed E-state index contributed by atoms with van der Waals surface area (Å²) in [4.78, 5) is 14.4. The normalized spacial score (nSPS) is 14.9. The predicted octanol–water partition coefficient (Wildman–Crippen LogP) is 2.04. The Labute approximate surface area is 112 Å². The SMILES string of the molecule is CCCN(CC)CC(C)(NC(C)C)C(=O)OCC. The molecule has 0 aromatic rings. The van der Waals surface area contributed by atoms with Crippen molar-refractivity contribution in [1.29, 1.82) is 0 Å². The molecule has 0 amide bonds. The number of nitrogens with one attached hydrogen (secondary N) is 1. The molecule has 18 heavy (non-hydrogen) atoms. The second-order valence-electron chi connectivity index (χ2n) is 5.22. The fourth-order valence-corrected chi connectivity index (χ4v) is 2.21. The summed E-state index contributed by atoms with van der Waals surface area (Å²) < 4.78 is 5.20. The molecule has 0 aliphatic carbocycles. The molecule has 0 radical (unpaired) electrons. The Morgan fingerprint density at radius 1 is 1.33 bits per heavy atom. The first-order valence-electron chi connectivity index (χ1n) is 7.06. The minimum Gasteiger partial charge on any atom is -0.465 e. The molecule has 0 aromatic heterocycles. The van der Waals surface area contributed by atoms with Crippen LogP contribution in [0.4, 0.5) is 0 Å². The molecule has 108 valence electrons. The highest BCUT2D eigenvalue weighted by Gasteiger charge is 2.36. The topological polar surface area (TPSA) is 41.6 Å². The molecule has 4 heteroatoms. The van der Waals surface area contributed by atoms with Crippen LogP contribution in [0.15, 0.2) is 0 Å². The lowest BCUT2D eigenvalue weighted by molar-refractivity contribution is -0.151. The first kappa shape index (κ1) is 17.4. The Hall–Kier alpha value is -0.610. The molecule has 0 fully saturated rings. The van der Waals surface area contributed by atoms with Crippen molar-refractivity contribution in [1.82, 2.24) is 10.2 Å². The van der Waals surface area contributed by atoms with E-state index >= 15 is 0 Å². The molecule has 0 bridgehead atoms. The summed E-state index contributed by atoms with van der Waals surface area (Å²) in [6.07, 6.45) is 1.09. The smallest absolute Gasteiger partial charge is 0.327 e. The summed E-state index contributed by atoms with van der Waals surface area (Å²) in [5.41, 5.74) is -0.630. The van der Waals surface area contributed by atoms with Crippen LogP contribution in [0.25, 0.3) is 0 Å². The van der Waals surface area contributed by atoms with Crippen molar-refractivity contribution >= 4 is 5.97 Å². The van der Waals surface area contributed by atoms with Gasteiger partial charge in [0.1, 0.15) is 5.54 Å². The number of ether oxygens (including phenoxy) is 1. The average Bonchev–Trinajstić information content (AvgIpc) is 2.27. The van der Waals surface area contributed by atoms with Crippen molar-refractivity contribution in [2.75, 3.05) is 26.2 Å². The summed E-state index contributed by atoms with van der Waals surface area (Å²) in [5.74, 6) is -0.159. The Bertz CT molecular complexity index is 244. The predicted molar refractivity (Wildman–Crippen MR) is 75.7 cm³/mol. The van der Waals surface area contributed by atoms with Crippen molar-refractivity contribution in [3.05, 3.63) is 0 Å². The van der Waals surface area contributed by atoms with Gasteiger partial charge in [-0.3, -0.25) is 10.1 Å². The molecular weight excluding hydrogens is 228 g/mol. The molecule has 0 aliphatic rings. The van der Waals surface area contributed by atoms with Crippen LogP contribution in [0.3, 0.4) is 0 Å². The number of carbonyl (C=O) groups is 1. The van der Waals surface area contributed by atoms with Gasteiger partial charge in [0.15, 0.2) is 0 Å². The number of esters is 1. The highest BCUT2D eigenvalue weighted by molar-refractivity contribution is 5.80. The molecule has 0 saturated carbocycles. The molecule has 0 saturated heterocycles. The van der Waals surface area contributed by atoms with Gasteiger partial charge in [0, 0.05) is 12.6 Å². The summed E-state index contributed by atoms with van der Waals surface area (Å²) in [6.45, 7) is 15.2. The van der Waals surface area contributed by atoms with Gasteiger partial charge in [-0.1, -0.05) is 13.8 Å². The van der Waals surface area contributed by atoms with E-state index in [-0.39, 0.29) is 12.0 Å². The number of likely N-dealkylation sites (N-methyl/N-ethyl adjacent to an activating group) is 1. The Balaban J connectivity index is 4.78. The maximum Gasteiger partial charge on any atom is 0.327 e. The van der Waals surface area contributed by atoms with Crippen LogP contribution in [-0.2, 0) is 9.53 Å². The molecule has 0 rings (SSSR count). The molecular formula is C14H30N2O2. The van der Waals surface area contributed by atoms with Gasteiger partial charge in [-0.05, 0) is 47.2 Å². The second kappa shape index (κ2) is 8.48. The maximum absolute atomic E-state index is 12.1. The quantitative estimate of drug-likeness (QED) is 0.643. The third kappa shape index (κ3) is 5.83. The van der Waals surface area contributed by atoms with E-state index in [4.69, 9.17) is 4.74 Å². The van der Waals surface area contributed by atoms with Crippen molar-refractivity contribution in [3.8, 4) is 0 Å². The second-order valence-corrected chi connectivity index (χ2v) is 5.22. The minimum atomic E-state index is -0.630. The number of hydrogen-bond acceptors (Lipinski definition) is 4. The van der Waals surface area contributed by atoms with E-state index in [0.29, 0.717) is 13.2 Å². The Morgan fingerprint density at radius 3 is 2.33 bits per heavy atom. The summed E-state index contributed by atoms with van der Waals surface area (Å²) in [7, 11) is 0. The van der Waals surface area contributed by atoms with Crippen LogP contribution >= 0.6 is 0 Å². The van der Waals surface area contributed by atoms with Crippen LogP contribution in [-0.4, -0.2) is 48.7 Å². The summed E-state index contributed by atoms with van der Waals surface area (Å²) in [6, 6.07) is 0.250. The molecule has 1 N–H and O–H groups in total. The monoisotopic (exact) mass is 258 g/mol. The van der Waals surface area contributed by atoms with Crippen LogP contribution in [0.1, 0.15) is 48.0 Å². The van der Waals surface area contributed by atoms with Crippen LogP contribution in [0, 0.1) is 0 Å². The lowest BCUT2D eigenvalue weighted by Gasteiger charge is -2.35. The molecule has 1 atom stereocenters. The number of rotatable bonds is 9. The standard InChI is InChI=1S/C14H30N2O2/c1-7-10-16(8-2)11-14(6,15-12(4)5)13(17)18-9-3/h12,15H,7-11H2,1-6H3. The van der Waals surface area contributed by atoms with Crippen molar-refractivity contribution in [3.63, 3.8) is 0 Å². The largest absolute Gasteiger partial charge is 0.465 e.